The molecular weight excluding hydrogens is 1330 g/mol. The van der Waals surface area contributed by atoms with E-state index < -0.39 is 53.4 Å². The molecule has 1 unspecified atom stereocenters. The van der Waals surface area contributed by atoms with Crippen LogP contribution in [-0.4, -0.2) is 101 Å². The van der Waals surface area contributed by atoms with Gasteiger partial charge in [-0.2, -0.15) is 13.7 Å². The summed E-state index contributed by atoms with van der Waals surface area (Å²) < 4.78 is 31.3. The minimum absolute atomic E-state index is 0.0169. The van der Waals surface area contributed by atoms with E-state index >= 15 is 0 Å². The number of aliphatic hydroxyl groups is 1. The van der Waals surface area contributed by atoms with Gasteiger partial charge in [-0.05, 0) is 130 Å². The highest BCUT2D eigenvalue weighted by molar-refractivity contribution is 5.91. The number of ether oxygens (including phenoxy) is 1. The Hall–Kier alpha value is -9.86. The summed E-state index contributed by atoms with van der Waals surface area (Å²) in [5, 5.41) is 89.2. The summed E-state index contributed by atoms with van der Waals surface area (Å²) >= 11 is 0. The first-order valence-electron chi connectivity index (χ1n) is 33.0. The first-order chi connectivity index (χ1) is 46.8. The number of alkyl halides is 2. The summed E-state index contributed by atoms with van der Waals surface area (Å²) in [6.07, 6.45) is -1.47. The van der Waals surface area contributed by atoms with Crippen molar-refractivity contribution in [3.63, 3.8) is 0 Å². The number of carboxylic acids is 6. The number of carboxylic acid groups (broad SMARTS) is 6. The van der Waals surface area contributed by atoms with Crippen LogP contribution < -0.4 is 9.62 Å². The second-order valence-corrected chi connectivity index (χ2v) is 31.4. The van der Waals surface area contributed by atoms with E-state index in [0.29, 0.717) is 22.6 Å². The smallest absolute Gasteiger partial charge is 0.379 e. The SMILES string of the molecule is CC(C)(C)c1ccc(C(F)(F)C(=O)O)cc1.CC(C)(C)c1ccc(C(O)C(=O)O)cc1.CC(C)(C)c1ccc(CC(=O)O)c(O)c1.CC(C)(C)c1ccc(CC(=O)O)cc1.CC(C)(C)c1ccc(O)c(C(=O)O)c1.CC(C)(C)c1ccc(OCC(=O)O)cc1.COOc1ccc(C(C)(C)C)cc1O. The van der Waals surface area contributed by atoms with Crippen LogP contribution in [0.5, 0.6) is 28.7 Å². The molecule has 103 heavy (non-hydrogen) atoms. The highest BCUT2D eigenvalue weighted by Gasteiger charge is 2.41. The van der Waals surface area contributed by atoms with Gasteiger partial charge in [0.2, 0.25) is 5.75 Å². The Morgan fingerprint density at radius 3 is 1.07 bits per heavy atom. The lowest BCUT2D eigenvalue weighted by atomic mass is 9.86. The fraction of sp³-hybridized carbons (Fsp3) is 0.415. The van der Waals surface area contributed by atoms with E-state index in [-0.39, 0.29) is 80.2 Å². The van der Waals surface area contributed by atoms with E-state index in [9.17, 15) is 58.0 Å². The van der Waals surface area contributed by atoms with Crippen molar-refractivity contribution in [3.05, 3.63) is 218 Å². The van der Waals surface area contributed by atoms with Gasteiger partial charge >= 0.3 is 41.7 Å². The van der Waals surface area contributed by atoms with Crippen LogP contribution in [0, 0.1) is 0 Å². The molecule has 1 atom stereocenters. The Morgan fingerprint density at radius 2 is 0.728 bits per heavy atom. The fourth-order valence-corrected chi connectivity index (χ4v) is 8.77. The third-order valence-electron chi connectivity index (χ3n) is 15.4. The summed E-state index contributed by atoms with van der Waals surface area (Å²) in [6, 6.07) is 42.8. The van der Waals surface area contributed by atoms with Crippen molar-refractivity contribution in [2.45, 2.75) is 208 Å². The molecule has 0 aliphatic rings. The maximum atomic E-state index is 13.1. The Morgan fingerprint density at radius 1 is 0.388 bits per heavy atom. The summed E-state index contributed by atoms with van der Waals surface area (Å²) in [5.41, 5.74) is 8.54. The van der Waals surface area contributed by atoms with Crippen molar-refractivity contribution in [2.24, 2.45) is 0 Å². The molecule has 10 N–H and O–H groups in total. The number of halogens is 2. The zero-order valence-corrected chi connectivity index (χ0v) is 63.5. The molecule has 0 aliphatic carbocycles. The first-order valence-corrected chi connectivity index (χ1v) is 33.0. The molecule has 0 aliphatic heterocycles. The Balaban J connectivity index is 0.000000601. The average molecular weight is 1440 g/mol. The average Bonchev–Trinajstić information content (AvgIpc) is 0.835. The standard InChI is InChI=1S/C12H14F2O2.3C12H16O3.C12H16O2.C11H16O3.C11H14O3/c1-11(2,3)8-4-6-9(7-5-8)12(13,14)10(15)16;1-12(2,3)9-4-6-10(7-5-9)15-8-11(13)14;1-12(2,3)9-6-4-8(5-7-9)10(13)11(14)15;1-12(2,3)9-5-4-8(6-11(14)15)10(13)7-9;1-12(2,3)10-6-4-9(5-7-10)8-11(13)14;1-11(2,3)8-5-6-10(14-13-4)9(12)7-8;1-11(2,3)7-4-5-9(12)8(6-7)10(13)14/h4-7H,1-3H3,(H,15,16);4-7H,8H2,1-3H3,(H,13,14);4-7,10,13H,1-3H3,(H,14,15);4-5,7,13H,6H2,1-3H3,(H,14,15);4-7H,8H2,1-3H3,(H,13,14);5-7,12H,1-4H3;4-6,12H,1-3H3,(H,13,14). The number of benzene rings is 7. The number of phenolic OH excluding ortho intramolecular Hbond substituents is 2. The third kappa shape index (κ3) is 32.8. The van der Waals surface area contributed by atoms with Crippen LogP contribution in [0.2, 0.25) is 0 Å². The van der Waals surface area contributed by atoms with Gasteiger partial charge in [-0.15, -0.1) is 0 Å². The maximum absolute atomic E-state index is 13.1. The molecule has 0 saturated heterocycles. The van der Waals surface area contributed by atoms with Crippen molar-refractivity contribution in [1.82, 2.24) is 0 Å². The number of hydrogen-bond donors (Lipinski definition) is 10. The number of rotatable bonds is 14. The molecule has 0 saturated carbocycles. The van der Waals surface area contributed by atoms with Crippen molar-refractivity contribution < 1.29 is 103 Å². The maximum Gasteiger partial charge on any atom is 0.379 e. The van der Waals surface area contributed by atoms with Crippen LogP contribution in [0.25, 0.3) is 0 Å². The summed E-state index contributed by atoms with van der Waals surface area (Å²) in [4.78, 5) is 72.1. The van der Waals surface area contributed by atoms with Gasteiger partial charge < -0.3 is 60.7 Å². The topological polar surface area (TPSA) is 332 Å². The predicted molar refractivity (Wildman–Crippen MR) is 396 cm³/mol. The molecule has 564 valence electrons. The van der Waals surface area contributed by atoms with E-state index in [1.165, 1.54) is 42.5 Å². The van der Waals surface area contributed by atoms with Crippen LogP contribution in [0.1, 0.15) is 223 Å². The molecule has 21 heteroatoms. The van der Waals surface area contributed by atoms with Crippen LogP contribution in [-0.2, 0) is 85.5 Å². The molecule has 7 rings (SSSR count). The van der Waals surface area contributed by atoms with E-state index in [0.717, 1.165) is 45.5 Å². The van der Waals surface area contributed by atoms with Crippen LogP contribution in [0.15, 0.2) is 152 Å². The van der Waals surface area contributed by atoms with Crippen molar-refractivity contribution in [2.75, 3.05) is 13.7 Å². The molecular formula is C82H108F2O19. The van der Waals surface area contributed by atoms with Gasteiger partial charge in [0, 0.05) is 11.1 Å². The highest BCUT2D eigenvalue weighted by Crippen LogP contribution is 2.35. The Bertz CT molecular complexity index is 3870. The number of aromatic hydroxyl groups is 3. The van der Waals surface area contributed by atoms with E-state index in [1.807, 2.05) is 123 Å². The lowest BCUT2D eigenvalue weighted by Gasteiger charge is -2.20. The Labute approximate surface area is 605 Å². The number of aliphatic hydroxyl groups excluding tert-OH is 1. The number of aromatic carboxylic acids is 1. The molecule has 19 nitrogen and oxygen atoms in total. The molecule has 7 aromatic carbocycles. The second kappa shape index (κ2) is 38.4. The van der Waals surface area contributed by atoms with E-state index in [2.05, 4.69) is 88.0 Å². The van der Waals surface area contributed by atoms with Gasteiger partial charge in [0.25, 0.3) is 0 Å². The molecule has 0 fully saturated rings. The molecule has 0 amide bonds. The number of phenols is 3. The van der Waals surface area contributed by atoms with Crippen LogP contribution in [0.3, 0.4) is 0 Å². The Kier molecular flexibility index (Phi) is 34.0. The van der Waals surface area contributed by atoms with E-state index in [4.69, 9.17) is 40.3 Å². The molecule has 0 radical (unpaired) electrons. The van der Waals surface area contributed by atoms with Gasteiger partial charge in [0.15, 0.2) is 18.5 Å². The van der Waals surface area contributed by atoms with Gasteiger partial charge in [0.05, 0.1) is 20.0 Å². The number of aliphatic carboxylic acids is 5. The lowest BCUT2D eigenvalue weighted by Crippen LogP contribution is -2.25. The molecule has 0 heterocycles. The van der Waals surface area contributed by atoms with Crippen LogP contribution in [0.4, 0.5) is 8.78 Å². The summed E-state index contributed by atoms with van der Waals surface area (Å²) in [7, 11) is 1.40. The number of hydrogen-bond acceptors (Lipinski definition) is 13. The molecule has 0 spiro atoms. The van der Waals surface area contributed by atoms with Crippen molar-refractivity contribution in [1.29, 1.82) is 0 Å². The largest absolute Gasteiger partial charge is 0.508 e. The first kappa shape index (κ1) is 91.2. The zero-order chi connectivity index (χ0) is 79.8. The van der Waals surface area contributed by atoms with Crippen molar-refractivity contribution in [3.8, 4) is 28.7 Å². The summed E-state index contributed by atoms with van der Waals surface area (Å²) in [5.74, 6) is -10.1. The minimum Gasteiger partial charge on any atom is -0.508 e. The zero-order valence-electron chi connectivity index (χ0n) is 63.5. The molecule has 0 bridgehead atoms. The summed E-state index contributed by atoms with van der Waals surface area (Å²) in [6.45, 7) is 42.9. The van der Waals surface area contributed by atoms with Gasteiger partial charge in [-0.25, -0.2) is 19.2 Å². The quantitative estimate of drug-likeness (QED) is 0.0357. The third-order valence-corrected chi connectivity index (χ3v) is 15.4. The van der Waals surface area contributed by atoms with Crippen molar-refractivity contribution >= 4 is 35.8 Å². The van der Waals surface area contributed by atoms with Gasteiger partial charge in [0.1, 0.15) is 22.8 Å². The van der Waals surface area contributed by atoms with Gasteiger partial charge in [-0.1, -0.05) is 255 Å². The fourth-order valence-electron chi connectivity index (χ4n) is 8.77. The van der Waals surface area contributed by atoms with Gasteiger partial charge in [-0.3, -0.25) is 9.59 Å². The highest BCUT2D eigenvalue weighted by atomic mass is 19.3. The molecule has 0 aromatic heterocycles. The lowest BCUT2D eigenvalue weighted by molar-refractivity contribution is -0.179. The predicted octanol–water partition coefficient (Wildman–Crippen LogP) is 17.7. The monoisotopic (exact) mass is 1430 g/mol. The normalized spacial score (nSPS) is 11.9. The minimum atomic E-state index is -3.82. The second-order valence-electron chi connectivity index (χ2n) is 31.4. The van der Waals surface area contributed by atoms with E-state index in [1.54, 1.807) is 54.6 Å². The number of carbonyl (C=O) groups is 6. The molecule has 7 aromatic rings. The van der Waals surface area contributed by atoms with Crippen LogP contribution >= 0.6 is 0 Å².